The highest BCUT2D eigenvalue weighted by Gasteiger charge is 2.14. The van der Waals surface area contributed by atoms with Crippen molar-refractivity contribution < 1.29 is 9.53 Å². The number of benzene rings is 1. The number of aryl methyl sites for hydroxylation is 2. The van der Waals surface area contributed by atoms with Crippen molar-refractivity contribution in [3.8, 4) is 5.75 Å². The van der Waals surface area contributed by atoms with Crippen LogP contribution in [0.5, 0.6) is 5.75 Å². The van der Waals surface area contributed by atoms with E-state index >= 15 is 0 Å². The fraction of sp³-hybridized carbons (Fsp3) is 0.462. The third kappa shape index (κ3) is 3.01. The molecule has 0 aromatic heterocycles. The summed E-state index contributed by atoms with van der Waals surface area (Å²) in [5.41, 5.74) is 2.83. The van der Waals surface area contributed by atoms with Gasteiger partial charge in [-0.25, -0.2) is 0 Å². The van der Waals surface area contributed by atoms with E-state index in [9.17, 15) is 4.79 Å². The number of ketones is 1. The van der Waals surface area contributed by atoms with E-state index in [1.807, 2.05) is 26.0 Å². The number of carbonyl (C=O) groups excluding carboxylic acids is 1. The molecule has 88 valence electrons. The highest BCUT2D eigenvalue weighted by Crippen LogP contribution is 2.26. The molecule has 0 radical (unpaired) electrons. The molecule has 3 heteroatoms. The van der Waals surface area contributed by atoms with Crippen LogP contribution in [0.2, 0.25) is 0 Å². The Morgan fingerprint density at radius 1 is 1.38 bits per heavy atom. The van der Waals surface area contributed by atoms with Gasteiger partial charge in [0.15, 0.2) is 5.78 Å². The van der Waals surface area contributed by atoms with Gasteiger partial charge < -0.3 is 4.74 Å². The van der Waals surface area contributed by atoms with Gasteiger partial charge in [-0.2, -0.15) is 11.8 Å². The number of rotatable bonds is 5. The average molecular weight is 238 g/mol. The van der Waals surface area contributed by atoms with Crippen LogP contribution in [0, 0.1) is 13.8 Å². The molecule has 1 aromatic rings. The number of Topliss-reactive ketones (excluding diaryl/α,β-unsaturated/α-hetero) is 1. The molecule has 0 unspecified atom stereocenters. The Morgan fingerprint density at radius 3 is 2.62 bits per heavy atom. The standard InChI is InChI=1S/C13H18O2S/c1-5-16-8-12(14)11-7-9(2)6-10(3)13(11)15-4/h6-7H,5,8H2,1-4H3. The lowest BCUT2D eigenvalue weighted by atomic mass is 10.0. The maximum absolute atomic E-state index is 12.0. The Balaban J connectivity index is 3.05. The normalized spacial score (nSPS) is 10.2. The molecular weight excluding hydrogens is 220 g/mol. The Kier molecular flexibility index (Phi) is 4.87. The van der Waals surface area contributed by atoms with E-state index in [4.69, 9.17) is 4.74 Å². The van der Waals surface area contributed by atoms with Crippen molar-refractivity contribution in [3.05, 3.63) is 28.8 Å². The molecule has 1 rings (SSSR count). The fourth-order valence-corrected chi connectivity index (χ4v) is 2.25. The predicted octanol–water partition coefficient (Wildman–Crippen LogP) is 3.25. The summed E-state index contributed by atoms with van der Waals surface area (Å²) in [4.78, 5) is 12.0. The van der Waals surface area contributed by atoms with Gasteiger partial charge in [-0.1, -0.05) is 13.0 Å². The van der Waals surface area contributed by atoms with Gasteiger partial charge in [-0.05, 0) is 36.8 Å². The molecule has 0 spiro atoms. The van der Waals surface area contributed by atoms with Crippen molar-refractivity contribution in [2.45, 2.75) is 20.8 Å². The van der Waals surface area contributed by atoms with Gasteiger partial charge in [0.05, 0.1) is 18.4 Å². The van der Waals surface area contributed by atoms with E-state index in [1.54, 1.807) is 18.9 Å². The Morgan fingerprint density at radius 2 is 2.06 bits per heavy atom. The molecule has 0 aliphatic carbocycles. The Hall–Kier alpha value is -0.960. The third-order valence-corrected chi connectivity index (χ3v) is 3.24. The molecule has 0 heterocycles. The van der Waals surface area contributed by atoms with E-state index in [0.29, 0.717) is 17.1 Å². The van der Waals surface area contributed by atoms with Crippen molar-refractivity contribution in [3.63, 3.8) is 0 Å². The summed E-state index contributed by atoms with van der Waals surface area (Å²) in [6.45, 7) is 6.02. The summed E-state index contributed by atoms with van der Waals surface area (Å²) in [6, 6.07) is 3.94. The molecular formula is C13H18O2S. The summed E-state index contributed by atoms with van der Waals surface area (Å²) in [5, 5.41) is 0. The quantitative estimate of drug-likeness (QED) is 0.737. The molecule has 2 nitrogen and oxygen atoms in total. The van der Waals surface area contributed by atoms with E-state index in [1.165, 1.54) is 0 Å². The number of hydrogen-bond acceptors (Lipinski definition) is 3. The van der Waals surface area contributed by atoms with Crippen molar-refractivity contribution in [1.29, 1.82) is 0 Å². The van der Waals surface area contributed by atoms with Crippen LogP contribution in [0.1, 0.15) is 28.4 Å². The summed E-state index contributed by atoms with van der Waals surface area (Å²) in [6.07, 6.45) is 0. The van der Waals surface area contributed by atoms with Gasteiger partial charge in [0.25, 0.3) is 0 Å². The van der Waals surface area contributed by atoms with Crippen LogP contribution in [0.25, 0.3) is 0 Å². The lowest BCUT2D eigenvalue weighted by Crippen LogP contribution is -2.07. The number of carbonyl (C=O) groups is 1. The van der Waals surface area contributed by atoms with Crippen molar-refractivity contribution in [1.82, 2.24) is 0 Å². The third-order valence-electron chi connectivity index (χ3n) is 2.36. The molecule has 0 saturated heterocycles. The zero-order valence-corrected chi connectivity index (χ0v) is 11.1. The molecule has 0 aliphatic rings. The zero-order chi connectivity index (χ0) is 12.1. The van der Waals surface area contributed by atoms with Crippen molar-refractivity contribution in [2.75, 3.05) is 18.6 Å². The highest BCUT2D eigenvalue weighted by molar-refractivity contribution is 7.99. The van der Waals surface area contributed by atoms with E-state index in [0.717, 1.165) is 16.9 Å². The monoisotopic (exact) mass is 238 g/mol. The van der Waals surface area contributed by atoms with Crippen molar-refractivity contribution in [2.24, 2.45) is 0 Å². The first-order valence-electron chi connectivity index (χ1n) is 5.36. The number of thioether (sulfide) groups is 1. The summed E-state index contributed by atoms with van der Waals surface area (Å²) < 4.78 is 5.30. The van der Waals surface area contributed by atoms with Gasteiger partial charge in [-0.3, -0.25) is 4.79 Å². The smallest absolute Gasteiger partial charge is 0.176 e. The Bertz CT molecular complexity index is 386. The molecule has 16 heavy (non-hydrogen) atoms. The van der Waals surface area contributed by atoms with Gasteiger partial charge in [0, 0.05) is 0 Å². The number of hydrogen-bond donors (Lipinski definition) is 0. The van der Waals surface area contributed by atoms with Gasteiger partial charge in [0.2, 0.25) is 0 Å². The van der Waals surface area contributed by atoms with Crippen LogP contribution < -0.4 is 4.74 Å². The van der Waals surface area contributed by atoms with E-state index in [2.05, 4.69) is 6.92 Å². The minimum atomic E-state index is 0.149. The molecule has 1 aromatic carbocycles. The molecule has 0 bridgehead atoms. The number of methoxy groups -OCH3 is 1. The molecule has 0 aliphatic heterocycles. The summed E-state index contributed by atoms with van der Waals surface area (Å²) in [7, 11) is 1.61. The van der Waals surface area contributed by atoms with Crippen LogP contribution in [0.15, 0.2) is 12.1 Å². The van der Waals surface area contributed by atoms with Crippen LogP contribution >= 0.6 is 11.8 Å². The van der Waals surface area contributed by atoms with E-state index < -0.39 is 0 Å². The average Bonchev–Trinajstić information content (AvgIpc) is 2.24. The lowest BCUT2D eigenvalue weighted by Gasteiger charge is -2.11. The largest absolute Gasteiger partial charge is 0.496 e. The maximum Gasteiger partial charge on any atom is 0.176 e. The number of ether oxygens (including phenoxy) is 1. The zero-order valence-electron chi connectivity index (χ0n) is 10.3. The van der Waals surface area contributed by atoms with Crippen LogP contribution in [-0.4, -0.2) is 24.4 Å². The van der Waals surface area contributed by atoms with Crippen LogP contribution in [0.4, 0.5) is 0 Å². The van der Waals surface area contributed by atoms with Crippen LogP contribution in [-0.2, 0) is 0 Å². The minimum Gasteiger partial charge on any atom is -0.496 e. The first-order valence-corrected chi connectivity index (χ1v) is 6.51. The molecule has 0 fully saturated rings. The molecule has 0 N–H and O–H groups in total. The van der Waals surface area contributed by atoms with E-state index in [-0.39, 0.29) is 5.78 Å². The second-order valence-corrected chi connectivity index (χ2v) is 5.00. The SMILES string of the molecule is CCSCC(=O)c1cc(C)cc(C)c1OC. The summed E-state index contributed by atoms with van der Waals surface area (Å²) in [5.74, 6) is 2.34. The van der Waals surface area contributed by atoms with Crippen molar-refractivity contribution >= 4 is 17.5 Å². The lowest BCUT2D eigenvalue weighted by molar-refractivity contribution is 0.101. The van der Waals surface area contributed by atoms with Crippen LogP contribution in [0.3, 0.4) is 0 Å². The van der Waals surface area contributed by atoms with Gasteiger partial charge >= 0.3 is 0 Å². The highest BCUT2D eigenvalue weighted by atomic mass is 32.2. The summed E-state index contributed by atoms with van der Waals surface area (Å²) >= 11 is 1.64. The topological polar surface area (TPSA) is 26.3 Å². The maximum atomic E-state index is 12.0. The molecule has 0 amide bonds. The van der Waals surface area contributed by atoms with Gasteiger partial charge in [0.1, 0.15) is 5.75 Å². The van der Waals surface area contributed by atoms with Gasteiger partial charge in [-0.15, -0.1) is 0 Å². The first kappa shape index (κ1) is 13.1. The minimum absolute atomic E-state index is 0.149. The first-order chi connectivity index (χ1) is 7.60. The fourth-order valence-electron chi connectivity index (χ4n) is 1.70. The molecule has 0 saturated carbocycles. The second kappa shape index (κ2) is 5.94. The molecule has 0 atom stereocenters. The predicted molar refractivity (Wildman–Crippen MR) is 69.8 cm³/mol. The second-order valence-electron chi connectivity index (χ2n) is 3.72. The Labute approximate surface area is 101 Å².